The highest BCUT2D eigenvalue weighted by Gasteiger charge is 2.16. The van der Waals surface area contributed by atoms with Crippen LogP contribution in [0.15, 0.2) is 24.5 Å². The molecule has 0 radical (unpaired) electrons. The summed E-state index contributed by atoms with van der Waals surface area (Å²) < 4.78 is 26.8. The number of rotatable bonds is 3. The molecule has 0 spiro atoms. The molecule has 1 atom stereocenters. The number of aromatic amines is 1. The lowest BCUT2D eigenvalue weighted by Gasteiger charge is -2.12. The molecule has 0 amide bonds. The molecule has 2 rings (SSSR count). The van der Waals surface area contributed by atoms with Crippen LogP contribution in [-0.4, -0.2) is 9.97 Å². The molecule has 0 saturated carbocycles. The molecular formula is C11H10ClF2N3. The van der Waals surface area contributed by atoms with E-state index >= 15 is 0 Å². The molecule has 0 fully saturated rings. The molecular weight excluding hydrogens is 248 g/mol. The Morgan fingerprint density at radius 2 is 2.12 bits per heavy atom. The fraction of sp³-hybridized carbons (Fsp3) is 0.182. The third-order valence-corrected chi connectivity index (χ3v) is 2.70. The van der Waals surface area contributed by atoms with Crippen molar-refractivity contribution in [1.82, 2.24) is 9.97 Å². The van der Waals surface area contributed by atoms with Crippen LogP contribution in [0.1, 0.15) is 17.4 Å². The van der Waals surface area contributed by atoms with Crippen LogP contribution in [0.3, 0.4) is 0 Å². The molecule has 1 aromatic carbocycles. The molecule has 0 aliphatic rings. The summed E-state index contributed by atoms with van der Waals surface area (Å²) in [6.07, 6.45) is 3.51. The smallest absolute Gasteiger partial charge is 0.142 e. The van der Waals surface area contributed by atoms with E-state index in [-0.39, 0.29) is 10.6 Å². The number of benzene rings is 1. The van der Waals surface area contributed by atoms with Crippen molar-refractivity contribution in [2.24, 2.45) is 5.73 Å². The van der Waals surface area contributed by atoms with Crippen LogP contribution in [0.4, 0.5) is 8.78 Å². The van der Waals surface area contributed by atoms with E-state index in [4.69, 9.17) is 17.3 Å². The Morgan fingerprint density at radius 1 is 1.35 bits per heavy atom. The van der Waals surface area contributed by atoms with Gasteiger partial charge >= 0.3 is 0 Å². The van der Waals surface area contributed by atoms with E-state index in [2.05, 4.69) is 9.97 Å². The zero-order valence-electron chi connectivity index (χ0n) is 8.75. The summed E-state index contributed by atoms with van der Waals surface area (Å²) >= 11 is 5.46. The molecule has 0 aliphatic heterocycles. The van der Waals surface area contributed by atoms with Crippen LogP contribution in [-0.2, 0) is 6.42 Å². The van der Waals surface area contributed by atoms with Crippen LogP contribution < -0.4 is 5.73 Å². The number of H-pyrrole nitrogens is 1. The molecule has 3 nitrogen and oxygen atoms in total. The first-order chi connectivity index (χ1) is 8.08. The Bertz CT molecular complexity index is 514. The van der Waals surface area contributed by atoms with E-state index in [1.54, 1.807) is 12.4 Å². The number of aromatic nitrogens is 2. The van der Waals surface area contributed by atoms with Crippen LogP contribution in [0.2, 0.25) is 5.02 Å². The normalized spacial score (nSPS) is 12.7. The average Bonchev–Trinajstić information content (AvgIpc) is 2.76. The minimum atomic E-state index is -0.682. The van der Waals surface area contributed by atoms with Gasteiger partial charge in [-0.15, -0.1) is 0 Å². The second-order valence-corrected chi connectivity index (χ2v) is 4.04. The van der Waals surface area contributed by atoms with Crippen molar-refractivity contribution in [2.75, 3.05) is 0 Å². The number of nitrogens with two attached hydrogens (primary N) is 1. The van der Waals surface area contributed by atoms with Gasteiger partial charge in [-0.25, -0.2) is 13.8 Å². The molecule has 90 valence electrons. The quantitative estimate of drug-likeness (QED) is 0.831. The molecule has 1 aromatic heterocycles. The average molecular weight is 258 g/mol. The van der Waals surface area contributed by atoms with Crippen LogP contribution in [0.5, 0.6) is 0 Å². The highest BCUT2D eigenvalue weighted by molar-refractivity contribution is 6.30. The van der Waals surface area contributed by atoms with Crippen LogP contribution >= 0.6 is 11.6 Å². The van der Waals surface area contributed by atoms with Gasteiger partial charge < -0.3 is 10.7 Å². The Morgan fingerprint density at radius 3 is 2.76 bits per heavy atom. The van der Waals surface area contributed by atoms with Crippen molar-refractivity contribution in [3.8, 4) is 0 Å². The molecule has 2 aromatic rings. The lowest BCUT2D eigenvalue weighted by molar-refractivity contribution is 0.558. The Kier molecular flexibility index (Phi) is 3.40. The minimum absolute atomic E-state index is 0.0864. The number of nitrogens with zero attached hydrogens (tertiary/aromatic N) is 1. The molecule has 0 saturated heterocycles. The summed E-state index contributed by atoms with van der Waals surface area (Å²) in [5.74, 6) is -0.680. The first-order valence-corrected chi connectivity index (χ1v) is 5.34. The van der Waals surface area contributed by atoms with Crippen molar-refractivity contribution >= 4 is 11.6 Å². The predicted octanol–water partition coefficient (Wildman–Crippen LogP) is 2.58. The monoisotopic (exact) mass is 257 g/mol. The lowest BCUT2D eigenvalue weighted by atomic mass is 10.0. The topological polar surface area (TPSA) is 54.7 Å². The molecule has 0 aliphatic carbocycles. The highest BCUT2D eigenvalue weighted by Crippen LogP contribution is 2.24. The van der Waals surface area contributed by atoms with E-state index in [0.717, 1.165) is 12.1 Å². The van der Waals surface area contributed by atoms with Gasteiger partial charge in [0.1, 0.15) is 17.5 Å². The lowest BCUT2D eigenvalue weighted by Crippen LogP contribution is -2.16. The molecule has 6 heteroatoms. The number of hydrogen-bond acceptors (Lipinski definition) is 2. The maximum absolute atomic E-state index is 13.5. The molecule has 0 bridgehead atoms. The third-order valence-electron chi connectivity index (χ3n) is 2.41. The summed E-state index contributed by atoms with van der Waals surface area (Å²) in [7, 11) is 0. The molecule has 3 N–H and O–H groups in total. The number of imidazole rings is 1. The first kappa shape index (κ1) is 12.0. The van der Waals surface area contributed by atoms with Gasteiger partial charge in [0.15, 0.2) is 0 Å². The number of halogens is 3. The summed E-state index contributed by atoms with van der Waals surface area (Å²) in [4.78, 5) is 6.82. The second kappa shape index (κ2) is 4.81. The van der Waals surface area contributed by atoms with E-state index in [0.29, 0.717) is 12.2 Å². The fourth-order valence-corrected chi connectivity index (χ4v) is 1.70. The largest absolute Gasteiger partial charge is 0.349 e. The maximum atomic E-state index is 13.5. The standard InChI is InChI=1S/C11H10ClF2N3/c12-7-4-8(13)6(3-9(7)14)10(15)5-11-16-1-2-17-11/h1-4,10H,5,15H2,(H,16,17). The molecule has 1 unspecified atom stereocenters. The van der Waals surface area contributed by atoms with Gasteiger partial charge in [-0.2, -0.15) is 0 Å². The second-order valence-electron chi connectivity index (χ2n) is 3.63. The Labute approximate surface area is 102 Å². The van der Waals surface area contributed by atoms with E-state index in [1.165, 1.54) is 0 Å². The van der Waals surface area contributed by atoms with Gasteiger partial charge in [0.2, 0.25) is 0 Å². The van der Waals surface area contributed by atoms with Gasteiger partial charge in [0, 0.05) is 30.4 Å². The summed E-state index contributed by atoms with van der Waals surface area (Å²) in [6.45, 7) is 0. The first-order valence-electron chi connectivity index (χ1n) is 4.96. The van der Waals surface area contributed by atoms with Crippen LogP contribution in [0, 0.1) is 11.6 Å². The van der Waals surface area contributed by atoms with E-state index < -0.39 is 17.7 Å². The van der Waals surface area contributed by atoms with E-state index in [1.807, 2.05) is 0 Å². The SMILES string of the molecule is NC(Cc1ncc[nH]1)c1cc(F)c(Cl)cc1F. The number of hydrogen-bond donors (Lipinski definition) is 2. The summed E-state index contributed by atoms with van der Waals surface area (Å²) in [6, 6.07) is 1.27. The molecule has 17 heavy (non-hydrogen) atoms. The highest BCUT2D eigenvalue weighted by atomic mass is 35.5. The van der Waals surface area contributed by atoms with E-state index in [9.17, 15) is 8.78 Å². The predicted molar refractivity (Wildman–Crippen MR) is 60.6 cm³/mol. The van der Waals surface area contributed by atoms with Crippen molar-refractivity contribution in [1.29, 1.82) is 0 Å². The van der Waals surface area contributed by atoms with Crippen molar-refractivity contribution in [3.05, 3.63) is 52.6 Å². The Hall–Kier alpha value is -1.46. The van der Waals surface area contributed by atoms with Crippen molar-refractivity contribution < 1.29 is 8.78 Å². The zero-order valence-corrected chi connectivity index (χ0v) is 9.51. The van der Waals surface area contributed by atoms with Gasteiger partial charge in [0.25, 0.3) is 0 Å². The van der Waals surface area contributed by atoms with Gasteiger partial charge in [0.05, 0.1) is 5.02 Å². The summed E-state index contributed by atoms with van der Waals surface area (Å²) in [5, 5.41) is -0.253. The van der Waals surface area contributed by atoms with Crippen molar-refractivity contribution in [3.63, 3.8) is 0 Å². The number of nitrogens with one attached hydrogen (secondary N) is 1. The van der Waals surface area contributed by atoms with Crippen molar-refractivity contribution in [2.45, 2.75) is 12.5 Å². The summed E-state index contributed by atoms with van der Waals surface area (Å²) in [5.41, 5.74) is 5.88. The third kappa shape index (κ3) is 2.62. The maximum Gasteiger partial charge on any atom is 0.142 e. The van der Waals surface area contributed by atoms with Gasteiger partial charge in [-0.05, 0) is 12.1 Å². The minimum Gasteiger partial charge on any atom is -0.349 e. The molecule has 1 heterocycles. The van der Waals surface area contributed by atoms with Gasteiger partial charge in [-0.3, -0.25) is 0 Å². The Balaban J connectivity index is 2.24. The fourth-order valence-electron chi connectivity index (χ4n) is 1.55. The zero-order chi connectivity index (χ0) is 12.4. The van der Waals surface area contributed by atoms with Gasteiger partial charge in [-0.1, -0.05) is 11.6 Å². The van der Waals surface area contributed by atoms with Crippen LogP contribution in [0.25, 0.3) is 0 Å².